The first-order valence-corrected chi connectivity index (χ1v) is 16.3. The highest BCUT2D eigenvalue weighted by molar-refractivity contribution is 14.0. The molecule has 3 aromatic carbocycles. The van der Waals surface area contributed by atoms with Gasteiger partial charge in [0.2, 0.25) is 0 Å². The van der Waals surface area contributed by atoms with Crippen molar-refractivity contribution in [3.05, 3.63) is 77.9 Å². The molecule has 0 saturated heterocycles. The number of hydrogen-bond acceptors (Lipinski definition) is 5. The van der Waals surface area contributed by atoms with E-state index in [0.29, 0.717) is 12.2 Å². The van der Waals surface area contributed by atoms with E-state index in [2.05, 4.69) is 99.3 Å². The van der Waals surface area contributed by atoms with Gasteiger partial charge in [0.1, 0.15) is 0 Å². The highest BCUT2D eigenvalue weighted by Crippen LogP contribution is 2.37. The van der Waals surface area contributed by atoms with Gasteiger partial charge >= 0.3 is 5.97 Å². The highest BCUT2D eigenvalue weighted by atomic mass is 127. The molecule has 44 heavy (non-hydrogen) atoms. The summed E-state index contributed by atoms with van der Waals surface area (Å²) in [7, 11) is 2.21. The number of hydrogen-bond donors (Lipinski definition) is 0. The van der Waals surface area contributed by atoms with Crippen LogP contribution in [-0.2, 0) is 4.74 Å². The predicted molar refractivity (Wildman–Crippen MR) is 213 cm³/mol. The molecule has 0 spiro atoms. The minimum absolute atomic E-state index is 0. The van der Waals surface area contributed by atoms with E-state index in [-0.39, 0.29) is 44.8 Å². The van der Waals surface area contributed by atoms with Crippen molar-refractivity contribution in [3.8, 4) is 20.9 Å². The Hall–Kier alpha value is -2.29. The second kappa shape index (κ2) is 22.3. The molecule has 0 saturated carbocycles. The zero-order valence-corrected chi connectivity index (χ0v) is 29.6. The number of benzene rings is 3. The van der Waals surface area contributed by atoms with E-state index in [1.54, 1.807) is 0 Å². The molecule has 0 amide bonds. The van der Waals surface area contributed by atoms with Gasteiger partial charge in [0, 0.05) is 29.0 Å². The van der Waals surface area contributed by atoms with Crippen molar-refractivity contribution >= 4 is 75.8 Å². The molecule has 4 aromatic rings. The first-order valence-electron chi connectivity index (χ1n) is 14.9. The van der Waals surface area contributed by atoms with Crippen LogP contribution in [0.1, 0.15) is 96.0 Å². The normalized spacial score (nSPS) is 10.0. The summed E-state index contributed by atoms with van der Waals surface area (Å²) in [6.45, 7) is 8.25. The Kier molecular flexibility index (Phi) is 21.1. The third-order valence-corrected chi connectivity index (χ3v) is 8.62. The highest BCUT2D eigenvalue weighted by Gasteiger charge is 2.11. The van der Waals surface area contributed by atoms with Gasteiger partial charge in [-0.1, -0.05) is 104 Å². The van der Waals surface area contributed by atoms with Crippen LogP contribution in [0.2, 0.25) is 0 Å². The molecule has 3 nitrogen and oxygen atoms in total. The Balaban J connectivity index is 0.00000362. The van der Waals surface area contributed by atoms with Crippen molar-refractivity contribution < 1.29 is 9.53 Å². The first-order chi connectivity index (χ1) is 20.0. The fourth-order valence-corrected chi connectivity index (χ4v) is 6.08. The van der Waals surface area contributed by atoms with Gasteiger partial charge in [-0.25, -0.2) is 4.79 Å². The maximum absolute atomic E-state index is 12.5. The molecule has 1 aromatic heterocycles. The number of halogens is 1. The monoisotopic (exact) mass is 747 g/mol. The molecule has 0 aliphatic carbocycles. The van der Waals surface area contributed by atoms with Crippen LogP contribution in [0.3, 0.4) is 0 Å². The number of fused-ring (bicyclic) bond motifs is 1. The van der Waals surface area contributed by atoms with Gasteiger partial charge in [-0.05, 0) is 95.6 Å². The molecule has 0 N–H and O–H groups in total. The van der Waals surface area contributed by atoms with Gasteiger partial charge in [-0.3, -0.25) is 0 Å². The average molecular weight is 748 g/mol. The molecular weight excluding hydrogens is 693 g/mol. The summed E-state index contributed by atoms with van der Waals surface area (Å²) in [4.78, 5) is 17.4. The molecule has 6 heteroatoms. The fourth-order valence-electron chi connectivity index (χ4n) is 5.08. The lowest BCUT2D eigenvalue weighted by molar-refractivity contribution is 0.0498. The predicted octanol–water partition coefficient (Wildman–Crippen LogP) is 12.8. The standard InChI is InChI=1S/C35H43NO2S.CH2S.2CH4.HI/c1-5-7-9-11-21-36(4)32-18-17-29(23-26(32)3)33-19-20-34(39-33)30-15-13-28-25-31(16-14-27(28)24-30)35(37)38-22-12-10-8-6-2;1-2;;;/h13-20,23-25H,5-12,21-22H2,1-4H3;1H2;2*1H4;1H. The Bertz CT molecular complexity index is 1400. The summed E-state index contributed by atoms with van der Waals surface area (Å²) in [6, 6.07) is 23.6. The molecule has 0 unspecified atom stereocenters. The molecule has 0 radical (unpaired) electrons. The van der Waals surface area contributed by atoms with Crippen molar-refractivity contribution in [2.75, 3.05) is 25.1 Å². The SMILES string of the molecule is C.C.C=S.CCCCCCOC(=O)c1ccc2cc(-c3ccc(-c4ccc(N(C)CCCCCC)c(C)c4)s3)ccc2c1.I. The number of unbranched alkanes of at least 4 members (excludes halogenated alkanes) is 6. The summed E-state index contributed by atoms with van der Waals surface area (Å²) in [6.07, 6.45) is 9.54. The van der Waals surface area contributed by atoms with Gasteiger partial charge in [-0.15, -0.1) is 35.3 Å². The van der Waals surface area contributed by atoms with Crippen LogP contribution in [0, 0.1) is 6.92 Å². The maximum atomic E-state index is 12.5. The molecule has 0 aliphatic rings. The van der Waals surface area contributed by atoms with E-state index in [9.17, 15) is 4.79 Å². The largest absolute Gasteiger partial charge is 0.462 e. The van der Waals surface area contributed by atoms with Crippen molar-refractivity contribution in [2.24, 2.45) is 0 Å². The van der Waals surface area contributed by atoms with Crippen molar-refractivity contribution in [1.82, 2.24) is 0 Å². The van der Waals surface area contributed by atoms with E-state index in [1.165, 1.54) is 70.7 Å². The molecule has 0 fully saturated rings. The van der Waals surface area contributed by atoms with Crippen molar-refractivity contribution in [3.63, 3.8) is 0 Å². The van der Waals surface area contributed by atoms with Gasteiger partial charge in [0.15, 0.2) is 0 Å². The number of carbonyl (C=O) groups excluding carboxylic acids is 1. The molecule has 1 heterocycles. The van der Waals surface area contributed by atoms with Crippen LogP contribution in [0.25, 0.3) is 31.7 Å². The summed E-state index contributed by atoms with van der Waals surface area (Å²) >= 11 is 5.66. The molecule has 0 bridgehead atoms. The fraction of sp³-hybridized carbons (Fsp3) is 0.421. The zero-order valence-electron chi connectivity index (χ0n) is 25.6. The first kappa shape index (κ1) is 41.7. The van der Waals surface area contributed by atoms with Crippen molar-refractivity contribution in [2.45, 2.75) is 87.0 Å². The Labute approximate surface area is 294 Å². The lowest BCUT2D eigenvalue weighted by Gasteiger charge is -2.22. The van der Waals surface area contributed by atoms with Crippen LogP contribution >= 0.6 is 47.5 Å². The van der Waals surface area contributed by atoms with Crippen LogP contribution in [0.4, 0.5) is 5.69 Å². The van der Waals surface area contributed by atoms with Gasteiger partial charge in [0.25, 0.3) is 0 Å². The molecule has 242 valence electrons. The van der Waals surface area contributed by atoms with Crippen molar-refractivity contribution in [1.29, 1.82) is 0 Å². The summed E-state index contributed by atoms with van der Waals surface area (Å²) in [5, 5.41) is 2.19. The lowest BCUT2D eigenvalue weighted by atomic mass is 10.0. The number of ether oxygens (including phenoxy) is 1. The Morgan fingerprint density at radius 3 is 1.98 bits per heavy atom. The van der Waals surface area contributed by atoms with Crippen LogP contribution in [-0.4, -0.2) is 32.0 Å². The van der Waals surface area contributed by atoms with Gasteiger partial charge in [0.05, 0.1) is 12.2 Å². The molecule has 0 aliphatic heterocycles. The number of nitrogens with zero attached hydrogens (tertiary/aromatic N) is 1. The van der Waals surface area contributed by atoms with E-state index in [0.717, 1.165) is 30.2 Å². The summed E-state index contributed by atoms with van der Waals surface area (Å²) in [5.74, 6) is 2.60. The summed E-state index contributed by atoms with van der Waals surface area (Å²) in [5.41, 5.74) is 5.73. The number of anilines is 1. The van der Waals surface area contributed by atoms with E-state index in [4.69, 9.17) is 4.74 Å². The number of carbonyl (C=O) groups is 1. The summed E-state index contributed by atoms with van der Waals surface area (Å²) < 4.78 is 5.48. The van der Waals surface area contributed by atoms with Gasteiger partial charge < -0.3 is 9.64 Å². The molecule has 0 atom stereocenters. The average Bonchev–Trinajstić information content (AvgIpc) is 3.50. The van der Waals surface area contributed by atoms with E-state index < -0.39 is 0 Å². The lowest BCUT2D eigenvalue weighted by Crippen LogP contribution is -2.19. The van der Waals surface area contributed by atoms with E-state index >= 15 is 0 Å². The Morgan fingerprint density at radius 1 is 0.773 bits per heavy atom. The van der Waals surface area contributed by atoms with Crippen LogP contribution in [0.15, 0.2) is 66.7 Å². The topological polar surface area (TPSA) is 29.5 Å². The maximum Gasteiger partial charge on any atom is 0.338 e. The molecule has 4 rings (SSSR count). The number of aryl methyl sites for hydroxylation is 1. The minimum atomic E-state index is -0.232. The quantitative estimate of drug-likeness (QED) is 0.0556. The van der Waals surface area contributed by atoms with E-state index in [1.807, 2.05) is 29.5 Å². The second-order valence-corrected chi connectivity index (χ2v) is 11.7. The third-order valence-electron chi connectivity index (χ3n) is 7.44. The minimum Gasteiger partial charge on any atom is -0.462 e. The molecular formula is C38H54INO2S2. The Morgan fingerprint density at radius 2 is 1.34 bits per heavy atom. The van der Waals surface area contributed by atoms with Gasteiger partial charge in [-0.2, -0.15) is 0 Å². The zero-order chi connectivity index (χ0) is 29.6. The number of rotatable bonds is 14. The van der Waals surface area contributed by atoms with Crippen LogP contribution < -0.4 is 4.90 Å². The number of esters is 1. The van der Waals surface area contributed by atoms with Crippen LogP contribution in [0.5, 0.6) is 0 Å². The smallest absolute Gasteiger partial charge is 0.338 e. The third kappa shape index (κ3) is 11.9. The number of thiophene rings is 1. The number of thiocarbonyl (C=S) groups is 1. The second-order valence-electron chi connectivity index (χ2n) is 10.6.